The molecular weight excluding hydrogens is 312 g/mol. The number of hydrogen-bond donors (Lipinski definition) is 1. The molecule has 2 aromatic rings. The third kappa shape index (κ3) is 4.11. The van der Waals surface area contributed by atoms with Crippen LogP contribution in [0.3, 0.4) is 0 Å². The van der Waals surface area contributed by atoms with Gasteiger partial charge >= 0.3 is 0 Å². The third-order valence-electron chi connectivity index (χ3n) is 3.75. The lowest BCUT2D eigenvalue weighted by molar-refractivity contribution is -0.119. The first-order valence-electron chi connectivity index (χ1n) is 7.70. The summed E-state index contributed by atoms with van der Waals surface area (Å²) in [5.74, 6) is 1.12. The number of amides is 1. The van der Waals surface area contributed by atoms with Crippen LogP contribution in [0, 0.1) is 0 Å². The minimum atomic E-state index is -0.00485. The molecule has 1 aliphatic rings. The van der Waals surface area contributed by atoms with Crippen molar-refractivity contribution >= 4 is 17.7 Å². The van der Waals surface area contributed by atoms with Crippen LogP contribution in [0.1, 0.15) is 12.8 Å². The minimum absolute atomic E-state index is 0.00485. The van der Waals surface area contributed by atoms with E-state index in [0.29, 0.717) is 12.3 Å². The first kappa shape index (κ1) is 16.0. The van der Waals surface area contributed by atoms with Gasteiger partial charge in [0.1, 0.15) is 0 Å². The molecule has 0 aliphatic carbocycles. The summed E-state index contributed by atoms with van der Waals surface area (Å²) < 4.78 is 7.40. The molecule has 3 rings (SSSR count). The number of rotatable bonds is 6. The van der Waals surface area contributed by atoms with Crippen molar-refractivity contribution in [3.63, 3.8) is 0 Å². The average Bonchev–Trinajstić information content (AvgIpc) is 3.22. The number of carbonyl (C=O) groups is 1. The van der Waals surface area contributed by atoms with Crippen LogP contribution >= 0.6 is 11.8 Å². The Morgan fingerprint density at radius 2 is 2.22 bits per heavy atom. The second-order valence-electron chi connectivity index (χ2n) is 5.46. The van der Waals surface area contributed by atoms with Crippen molar-refractivity contribution in [2.24, 2.45) is 7.05 Å². The summed E-state index contributed by atoms with van der Waals surface area (Å²) in [5.41, 5.74) is 1.01. The molecule has 122 valence electrons. The zero-order valence-electron chi connectivity index (χ0n) is 13.1. The van der Waals surface area contributed by atoms with Gasteiger partial charge in [-0.3, -0.25) is 4.79 Å². The van der Waals surface area contributed by atoms with E-state index in [0.717, 1.165) is 36.0 Å². The van der Waals surface area contributed by atoms with E-state index in [1.165, 1.54) is 11.8 Å². The van der Waals surface area contributed by atoms with Gasteiger partial charge in [0.2, 0.25) is 5.91 Å². The Hall–Kier alpha value is -1.86. The molecule has 0 bridgehead atoms. The minimum Gasteiger partial charge on any atom is -0.376 e. The average molecular weight is 332 g/mol. The predicted molar refractivity (Wildman–Crippen MR) is 89.1 cm³/mol. The van der Waals surface area contributed by atoms with Crippen molar-refractivity contribution in [3.05, 3.63) is 30.3 Å². The molecule has 0 radical (unpaired) electrons. The van der Waals surface area contributed by atoms with Crippen LogP contribution in [0.4, 0.5) is 0 Å². The first-order chi connectivity index (χ1) is 11.2. The Morgan fingerprint density at radius 3 is 2.96 bits per heavy atom. The van der Waals surface area contributed by atoms with Crippen molar-refractivity contribution in [2.45, 2.75) is 24.1 Å². The maximum atomic E-state index is 11.9. The second-order valence-corrected chi connectivity index (χ2v) is 6.40. The fourth-order valence-corrected chi connectivity index (χ4v) is 3.23. The van der Waals surface area contributed by atoms with Gasteiger partial charge in [-0.05, 0) is 12.8 Å². The van der Waals surface area contributed by atoms with E-state index in [4.69, 9.17) is 4.74 Å². The van der Waals surface area contributed by atoms with E-state index in [-0.39, 0.29) is 12.0 Å². The molecule has 1 fully saturated rings. The van der Waals surface area contributed by atoms with Crippen molar-refractivity contribution in [2.75, 3.05) is 18.9 Å². The maximum Gasteiger partial charge on any atom is 0.230 e. The van der Waals surface area contributed by atoms with Crippen LogP contribution < -0.4 is 5.32 Å². The maximum absolute atomic E-state index is 11.9. The van der Waals surface area contributed by atoms with Gasteiger partial charge in [0, 0.05) is 25.8 Å². The summed E-state index contributed by atoms with van der Waals surface area (Å²) in [7, 11) is 1.91. The summed E-state index contributed by atoms with van der Waals surface area (Å²) in [5, 5.41) is 12.0. The number of thioether (sulfide) groups is 1. The molecule has 7 heteroatoms. The Bertz CT molecular complexity index is 653. The van der Waals surface area contributed by atoms with E-state index in [2.05, 4.69) is 15.5 Å². The Morgan fingerprint density at radius 1 is 1.39 bits per heavy atom. The summed E-state index contributed by atoms with van der Waals surface area (Å²) >= 11 is 1.39. The number of hydrogen-bond acceptors (Lipinski definition) is 5. The molecule has 6 nitrogen and oxygen atoms in total. The summed E-state index contributed by atoms with van der Waals surface area (Å²) in [6.45, 7) is 1.39. The van der Waals surface area contributed by atoms with Gasteiger partial charge in [-0.25, -0.2) is 0 Å². The molecule has 1 unspecified atom stereocenters. The van der Waals surface area contributed by atoms with Crippen LogP contribution in [0.25, 0.3) is 11.4 Å². The first-order valence-corrected chi connectivity index (χ1v) is 8.68. The van der Waals surface area contributed by atoms with E-state index >= 15 is 0 Å². The molecule has 1 N–H and O–H groups in total. The quantitative estimate of drug-likeness (QED) is 0.818. The summed E-state index contributed by atoms with van der Waals surface area (Å²) in [6.07, 6.45) is 2.27. The summed E-state index contributed by atoms with van der Waals surface area (Å²) in [4.78, 5) is 11.9. The molecule has 0 saturated carbocycles. The highest BCUT2D eigenvalue weighted by molar-refractivity contribution is 7.99. The van der Waals surface area contributed by atoms with Gasteiger partial charge < -0.3 is 14.6 Å². The molecule has 0 spiro atoms. The third-order valence-corrected chi connectivity index (χ3v) is 4.77. The molecule has 1 saturated heterocycles. The van der Waals surface area contributed by atoms with Gasteiger partial charge in [-0.1, -0.05) is 42.1 Å². The molecule has 23 heavy (non-hydrogen) atoms. The summed E-state index contributed by atoms with van der Waals surface area (Å²) in [6, 6.07) is 9.89. The molecule has 1 aromatic heterocycles. The van der Waals surface area contributed by atoms with E-state index < -0.39 is 0 Å². The molecule has 1 atom stereocenters. The fraction of sp³-hybridized carbons (Fsp3) is 0.438. The van der Waals surface area contributed by atoms with Gasteiger partial charge in [0.25, 0.3) is 0 Å². The van der Waals surface area contributed by atoms with Crippen molar-refractivity contribution in [3.8, 4) is 11.4 Å². The Kier molecular flexibility index (Phi) is 5.30. The smallest absolute Gasteiger partial charge is 0.230 e. The lowest BCUT2D eigenvalue weighted by atomic mass is 10.2. The van der Waals surface area contributed by atoms with Crippen molar-refractivity contribution in [1.82, 2.24) is 20.1 Å². The number of benzene rings is 1. The lowest BCUT2D eigenvalue weighted by Gasteiger charge is -2.10. The topological polar surface area (TPSA) is 69.0 Å². The number of nitrogens with zero attached hydrogens (tertiary/aromatic N) is 3. The highest BCUT2D eigenvalue weighted by Gasteiger charge is 2.17. The molecule has 1 aliphatic heterocycles. The van der Waals surface area contributed by atoms with Crippen molar-refractivity contribution in [1.29, 1.82) is 0 Å². The van der Waals surface area contributed by atoms with E-state index in [1.807, 2.05) is 41.9 Å². The largest absolute Gasteiger partial charge is 0.376 e. The van der Waals surface area contributed by atoms with Gasteiger partial charge in [0.15, 0.2) is 11.0 Å². The lowest BCUT2D eigenvalue weighted by Crippen LogP contribution is -2.32. The molecule has 2 heterocycles. The number of carbonyl (C=O) groups excluding carboxylic acids is 1. The molecular formula is C16H20N4O2S. The highest BCUT2D eigenvalue weighted by Crippen LogP contribution is 2.22. The van der Waals surface area contributed by atoms with Crippen LogP contribution in [0.15, 0.2) is 35.5 Å². The predicted octanol–water partition coefficient (Wildman–Crippen LogP) is 1.87. The van der Waals surface area contributed by atoms with E-state index in [1.54, 1.807) is 0 Å². The van der Waals surface area contributed by atoms with Gasteiger partial charge in [-0.2, -0.15) is 0 Å². The number of ether oxygens (including phenoxy) is 1. The fourth-order valence-electron chi connectivity index (χ4n) is 2.49. The normalized spacial score (nSPS) is 17.3. The van der Waals surface area contributed by atoms with E-state index in [9.17, 15) is 4.79 Å². The monoisotopic (exact) mass is 332 g/mol. The molecule has 1 amide bonds. The molecule has 1 aromatic carbocycles. The second kappa shape index (κ2) is 7.61. The van der Waals surface area contributed by atoms with Gasteiger partial charge in [-0.15, -0.1) is 10.2 Å². The van der Waals surface area contributed by atoms with Crippen LogP contribution in [0.5, 0.6) is 0 Å². The zero-order valence-corrected chi connectivity index (χ0v) is 13.9. The standard InChI is InChI=1S/C16H20N4O2S/c1-20-15(12-6-3-2-4-7-12)18-19-16(20)23-11-14(21)17-10-13-8-5-9-22-13/h2-4,6-7,13H,5,8-11H2,1H3,(H,17,21). The zero-order chi connectivity index (χ0) is 16.1. The van der Waals surface area contributed by atoms with Crippen LogP contribution in [-0.4, -0.2) is 45.7 Å². The van der Waals surface area contributed by atoms with Crippen LogP contribution in [0.2, 0.25) is 0 Å². The Labute approximate surface area is 139 Å². The highest BCUT2D eigenvalue weighted by atomic mass is 32.2. The van der Waals surface area contributed by atoms with Gasteiger partial charge in [0.05, 0.1) is 11.9 Å². The number of nitrogens with one attached hydrogen (secondary N) is 1. The van der Waals surface area contributed by atoms with Crippen LogP contribution in [-0.2, 0) is 16.6 Å². The van der Waals surface area contributed by atoms with Crippen molar-refractivity contribution < 1.29 is 9.53 Å². The SMILES string of the molecule is Cn1c(SCC(=O)NCC2CCCO2)nnc1-c1ccccc1. The Balaban J connectivity index is 1.52. The number of aromatic nitrogens is 3.